The fraction of sp³-hybridized carbons (Fsp3) is 0.318. The van der Waals surface area contributed by atoms with Crippen LogP contribution in [0.3, 0.4) is 0 Å². The minimum absolute atomic E-state index is 0.0538. The van der Waals surface area contributed by atoms with Crippen LogP contribution in [-0.4, -0.2) is 49.2 Å². The molecule has 0 saturated carbocycles. The van der Waals surface area contributed by atoms with Crippen molar-refractivity contribution < 1.29 is 19.0 Å². The number of anilines is 2. The molecule has 0 aliphatic rings. The Morgan fingerprint density at radius 2 is 1.88 bits per heavy atom. The fourth-order valence-corrected chi connectivity index (χ4v) is 4.44. The van der Waals surface area contributed by atoms with Crippen molar-refractivity contribution in [3.63, 3.8) is 0 Å². The van der Waals surface area contributed by atoms with E-state index in [2.05, 4.69) is 20.8 Å². The van der Waals surface area contributed by atoms with Gasteiger partial charge >= 0.3 is 0 Å². The summed E-state index contributed by atoms with van der Waals surface area (Å²) in [5.74, 6) is 2.34. The SMILES string of the molecule is CCOc1ccccc1Nc1nnc(SCC(=O)NCCc2ccc(OC)c(OC)c2)s1. The number of carbonyl (C=O) groups is 1. The number of nitrogens with one attached hydrogen (secondary N) is 2. The Labute approximate surface area is 195 Å². The molecule has 1 heterocycles. The van der Waals surface area contributed by atoms with Crippen molar-refractivity contribution >= 4 is 39.8 Å². The molecular weight excluding hydrogens is 448 g/mol. The number of nitrogens with zero attached hydrogens (tertiary/aromatic N) is 2. The molecule has 0 unspecified atom stereocenters. The third-order valence-electron chi connectivity index (χ3n) is 4.35. The Morgan fingerprint density at radius 1 is 1.06 bits per heavy atom. The number of amides is 1. The molecule has 8 nitrogen and oxygen atoms in total. The minimum atomic E-state index is -0.0538. The predicted octanol–water partition coefficient (Wildman–Crippen LogP) is 4.15. The second-order valence-corrected chi connectivity index (χ2v) is 8.71. The first kappa shape index (κ1) is 23.7. The van der Waals surface area contributed by atoms with Gasteiger partial charge in [0.05, 0.1) is 32.3 Å². The number of aromatic nitrogens is 2. The number of hydrogen-bond acceptors (Lipinski definition) is 9. The van der Waals surface area contributed by atoms with Crippen LogP contribution >= 0.6 is 23.1 Å². The molecule has 0 aliphatic heterocycles. The van der Waals surface area contributed by atoms with E-state index in [1.807, 2.05) is 49.4 Å². The van der Waals surface area contributed by atoms with Crippen LogP contribution in [0, 0.1) is 0 Å². The summed E-state index contributed by atoms with van der Waals surface area (Å²) in [6, 6.07) is 13.4. The standard InChI is InChI=1S/C22H26N4O4S2/c1-4-30-17-8-6-5-7-16(17)24-21-25-26-22(32-21)31-14-20(27)23-12-11-15-9-10-18(28-2)19(13-15)29-3/h5-10,13H,4,11-12,14H2,1-3H3,(H,23,27)(H,24,25). The second-order valence-electron chi connectivity index (χ2n) is 6.51. The van der Waals surface area contributed by atoms with Crippen LogP contribution in [0.4, 0.5) is 10.8 Å². The number of carbonyl (C=O) groups excluding carboxylic acids is 1. The van der Waals surface area contributed by atoms with Gasteiger partial charge in [-0.1, -0.05) is 41.3 Å². The zero-order valence-electron chi connectivity index (χ0n) is 18.2. The Bertz CT molecular complexity index is 1030. The molecule has 170 valence electrons. The van der Waals surface area contributed by atoms with Crippen molar-refractivity contribution in [2.75, 3.05) is 38.4 Å². The first-order valence-electron chi connectivity index (χ1n) is 10.1. The average molecular weight is 475 g/mol. The molecule has 3 aromatic rings. The molecule has 0 radical (unpaired) electrons. The quantitative estimate of drug-likeness (QED) is 0.378. The predicted molar refractivity (Wildman–Crippen MR) is 128 cm³/mol. The van der Waals surface area contributed by atoms with Gasteiger partial charge in [-0.15, -0.1) is 10.2 Å². The number of benzene rings is 2. The smallest absolute Gasteiger partial charge is 0.230 e. The largest absolute Gasteiger partial charge is 0.493 e. The van der Waals surface area contributed by atoms with E-state index in [1.165, 1.54) is 23.1 Å². The van der Waals surface area contributed by atoms with Crippen LogP contribution in [0.25, 0.3) is 0 Å². The Morgan fingerprint density at radius 3 is 2.66 bits per heavy atom. The first-order chi connectivity index (χ1) is 15.6. The molecule has 0 bridgehead atoms. The molecule has 0 spiro atoms. The van der Waals surface area contributed by atoms with Gasteiger partial charge in [0.2, 0.25) is 11.0 Å². The highest BCUT2D eigenvalue weighted by molar-refractivity contribution is 8.01. The monoisotopic (exact) mass is 474 g/mol. The summed E-state index contributed by atoms with van der Waals surface area (Å²) in [5, 5.41) is 15.1. The van der Waals surface area contributed by atoms with E-state index >= 15 is 0 Å². The lowest BCUT2D eigenvalue weighted by atomic mass is 10.1. The highest BCUT2D eigenvalue weighted by Crippen LogP contribution is 2.31. The summed E-state index contributed by atoms with van der Waals surface area (Å²) in [7, 11) is 3.21. The van der Waals surface area contributed by atoms with Crippen LogP contribution in [0.15, 0.2) is 46.8 Å². The van der Waals surface area contributed by atoms with Gasteiger partial charge in [-0.3, -0.25) is 4.79 Å². The maximum absolute atomic E-state index is 12.2. The first-order valence-corrected chi connectivity index (χ1v) is 11.9. The molecule has 32 heavy (non-hydrogen) atoms. The lowest BCUT2D eigenvalue weighted by Crippen LogP contribution is -2.27. The Hall–Kier alpha value is -2.98. The van der Waals surface area contributed by atoms with Gasteiger partial charge in [0.15, 0.2) is 15.8 Å². The molecule has 10 heteroatoms. The summed E-state index contributed by atoms with van der Waals surface area (Å²) in [4.78, 5) is 12.2. The van der Waals surface area contributed by atoms with Gasteiger partial charge in [-0.05, 0) is 43.2 Å². The number of para-hydroxylation sites is 2. The summed E-state index contributed by atoms with van der Waals surface area (Å²) < 4.78 is 16.9. The van der Waals surface area contributed by atoms with Gasteiger partial charge in [0, 0.05) is 6.54 Å². The van der Waals surface area contributed by atoms with Gasteiger partial charge < -0.3 is 24.8 Å². The number of hydrogen-bond donors (Lipinski definition) is 2. The van der Waals surface area contributed by atoms with Gasteiger partial charge in [-0.2, -0.15) is 0 Å². The van der Waals surface area contributed by atoms with Gasteiger partial charge in [0.1, 0.15) is 5.75 Å². The van der Waals surface area contributed by atoms with Crippen molar-refractivity contribution in [1.29, 1.82) is 0 Å². The van der Waals surface area contributed by atoms with Crippen molar-refractivity contribution in [2.45, 2.75) is 17.7 Å². The van der Waals surface area contributed by atoms with Gasteiger partial charge in [0.25, 0.3) is 0 Å². The van der Waals surface area contributed by atoms with Crippen LogP contribution in [0.2, 0.25) is 0 Å². The van der Waals surface area contributed by atoms with Crippen molar-refractivity contribution in [3.05, 3.63) is 48.0 Å². The lowest BCUT2D eigenvalue weighted by molar-refractivity contribution is -0.118. The Kier molecular flexibility index (Phi) is 9.00. The van der Waals surface area contributed by atoms with E-state index in [9.17, 15) is 4.79 Å². The van der Waals surface area contributed by atoms with Crippen LogP contribution < -0.4 is 24.8 Å². The average Bonchev–Trinajstić information content (AvgIpc) is 3.26. The molecule has 0 atom stereocenters. The highest BCUT2D eigenvalue weighted by atomic mass is 32.2. The lowest BCUT2D eigenvalue weighted by Gasteiger charge is -2.10. The van der Waals surface area contributed by atoms with E-state index in [-0.39, 0.29) is 11.7 Å². The molecule has 0 aliphatic carbocycles. The maximum Gasteiger partial charge on any atom is 0.230 e. The molecule has 0 saturated heterocycles. The van der Waals surface area contributed by atoms with E-state index in [0.29, 0.717) is 36.2 Å². The number of thioether (sulfide) groups is 1. The van der Waals surface area contributed by atoms with Crippen LogP contribution in [-0.2, 0) is 11.2 Å². The zero-order valence-corrected chi connectivity index (χ0v) is 19.8. The minimum Gasteiger partial charge on any atom is -0.493 e. The van der Waals surface area contributed by atoms with E-state index < -0.39 is 0 Å². The van der Waals surface area contributed by atoms with E-state index in [1.54, 1.807) is 14.2 Å². The molecule has 3 rings (SSSR count). The zero-order chi connectivity index (χ0) is 22.8. The summed E-state index contributed by atoms with van der Waals surface area (Å²) in [6.45, 7) is 3.05. The summed E-state index contributed by atoms with van der Waals surface area (Å²) in [5.41, 5.74) is 1.89. The van der Waals surface area contributed by atoms with Gasteiger partial charge in [-0.25, -0.2) is 0 Å². The van der Waals surface area contributed by atoms with Crippen molar-refractivity contribution in [3.8, 4) is 17.2 Å². The molecule has 1 aromatic heterocycles. The molecule has 2 N–H and O–H groups in total. The van der Waals surface area contributed by atoms with Crippen molar-refractivity contribution in [1.82, 2.24) is 15.5 Å². The number of rotatable bonds is 12. The highest BCUT2D eigenvalue weighted by Gasteiger charge is 2.11. The second kappa shape index (κ2) is 12.2. The maximum atomic E-state index is 12.2. The molecule has 0 fully saturated rings. The molecular formula is C22H26N4O4S2. The molecule has 2 aromatic carbocycles. The summed E-state index contributed by atoms with van der Waals surface area (Å²) >= 11 is 2.75. The summed E-state index contributed by atoms with van der Waals surface area (Å²) in [6.07, 6.45) is 0.697. The normalized spacial score (nSPS) is 10.5. The van der Waals surface area contributed by atoms with Crippen LogP contribution in [0.1, 0.15) is 12.5 Å². The fourth-order valence-electron chi connectivity index (χ4n) is 2.85. The molecule has 1 amide bonds. The van der Waals surface area contributed by atoms with E-state index in [4.69, 9.17) is 14.2 Å². The van der Waals surface area contributed by atoms with E-state index in [0.717, 1.165) is 21.3 Å². The topological polar surface area (TPSA) is 94.6 Å². The van der Waals surface area contributed by atoms with Crippen molar-refractivity contribution in [2.24, 2.45) is 0 Å². The third-order valence-corrected chi connectivity index (χ3v) is 6.32. The Balaban J connectivity index is 1.43. The third kappa shape index (κ3) is 6.76. The number of ether oxygens (including phenoxy) is 3. The number of methoxy groups -OCH3 is 2. The van der Waals surface area contributed by atoms with Crippen LogP contribution in [0.5, 0.6) is 17.2 Å².